The maximum atomic E-state index is 13.0. The average molecular weight is 575 g/mol. The van der Waals surface area contributed by atoms with Crippen LogP contribution in [-0.4, -0.2) is 55.9 Å². The van der Waals surface area contributed by atoms with E-state index in [9.17, 15) is 9.59 Å². The number of esters is 1. The Morgan fingerprint density at radius 3 is 2.58 bits per heavy atom. The summed E-state index contributed by atoms with van der Waals surface area (Å²) in [7, 11) is 3.38. The molecule has 38 heavy (non-hydrogen) atoms. The summed E-state index contributed by atoms with van der Waals surface area (Å²) in [5.41, 5.74) is 3.09. The fourth-order valence-corrected chi connectivity index (χ4v) is 5.78. The van der Waals surface area contributed by atoms with Crippen LogP contribution in [0.5, 0.6) is 5.75 Å². The molecule has 13 heteroatoms. The molecule has 0 bridgehead atoms. The number of para-hydroxylation sites is 2. The van der Waals surface area contributed by atoms with Crippen molar-refractivity contribution in [2.24, 2.45) is 7.05 Å². The minimum absolute atomic E-state index is 0.0144. The van der Waals surface area contributed by atoms with Gasteiger partial charge in [0.1, 0.15) is 16.4 Å². The summed E-state index contributed by atoms with van der Waals surface area (Å²) in [6.45, 7) is 7.59. The molecule has 10 nitrogen and oxygen atoms in total. The van der Waals surface area contributed by atoms with Crippen LogP contribution in [-0.2, 0) is 16.6 Å². The second-order valence-corrected chi connectivity index (χ2v) is 10.8. The molecule has 1 aromatic carbocycles. The number of ether oxygens (including phenoxy) is 2. The van der Waals surface area contributed by atoms with Crippen molar-refractivity contribution in [2.45, 2.75) is 32.9 Å². The Morgan fingerprint density at radius 1 is 1.18 bits per heavy atom. The lowest BCUT2D eigenvalue weighted by atomic mass is 10.1. The second-order valence-electron chi connectivity index (χ2n) is 8.23. The molecular formula is C25H27ClN6O4S2. The number of aromatic nitrogens is 5. The quantitative estimate of drug-likeness (QED) is 0.214. The van der Waals surface area contributed by atoms with Gasteiger partial charge in [-0.3, -0.25) is 14.0 Å². The van der Waals surface area contributed by atoms with Crippen LogP contribution in [0.2, 0.25) is 5.02 Å². The number of rotatable bonds is 9. The van der Waals surface area contributed by atoms with Gasteiger partial charge in [-0.25, -0.2) is 4.79 Å². The van der Waals surface area contributed by atoms with Gasteiger partial charge in [0.25, 0.3) is 0 Å². The molecule has 3 aromatic heterocycles. The molecule has 0 spiro atoms. The first-order chi connectivity index (χ1) is 18.2. The van der Waals surface area contributed by atoms with E-state index in [2.05, 4.69) is 20.6 Å². The Morgan fingerprint density at radius 2 is 1.92 bits per heavy atom. The van der Waals surface area contributed by atoms with Gasteiger partial charge in [-0.15, -0.1) is 21.5 Å². The lowest BCUT2D eigenvalue weighted by Gasteiger charge is -2.13. The fraction of sp³-hybridized carbons (Fsp3) is 0.320. The highest BCUT2D eigenvalue weighted by molar-refractivity contribution is 7.99. The molecule has 4 rings (SSSR count). The first kappa shape index (κ1) is 27.7. The van der Waals surface area contributed by atoms with Gasteiger partial charge in [0.05, 0.1) is 41.4 Å². The zero-order chi connectivity index (χ0) is 27.6. The smallest absolute Gasteiger partial charge is 0.341 e. The standard InChI is InChI=1S/C25H27ClN6O4S2/c1-7-36-24(34)19-13(2)15(4)38-23(19)27-18(33)12-37-25-29-28-22(21-20(26)14(3)31(5)30-21)32(25)16-10-8-9-11-17(16)35-6/h8-11H,7,12H2,1-6H3,(H,27,33). The van der Waals surface area contributed by atoms with Crippen LogP contribution in [0.25, 0.3) is 17.2 Å². The third-order valence-electron chi connectivity index (χ3n) is 5.88. The number of methoxy groups -OCH3 is 1. The first-order valence-corrected chi connectivity index (χ1v) is 13.8. The van der Waals surface area contributed by atoms with E-state index in [1.807, 2.05) is 45.0 Å². The molecule has 4 aromatic rings. The molecule has 0 radical (unpaired) electrons. The Bertz CT molecular complexity index is 1510. The third-order valence-corrected chi connectivity index (χ3v) is 8.39. The number of amides is 1. The highest BCUT2D eigenvalue weighted by Crippen LogP contribution is 2.36. The SMILES string of the molecule is CCOC(=O)c1c(NC(=O)CSc2nnc(-c3nn(C)c(C)c3Cl)n2-c2ccccc2OC)sc(C)c1C. The van der Waals surface area contributed by atoms with E-state index in [0.717, 1.165) is 16.1 Å². The summed E-state index contributed by atoms with van der Waals surface area (Å²) in [6.07, 6.45) is 0. The van der Waals surface area contributed by atoms with E-state index in [-0.39, 0.29) is 18.3 Å². The summed E-state index contributed by atoms with van der Waals surface area (Å²) in [5, 5.41) is 17.5. The number of nitrogens with zero attached hydrogens (tertiary/aromatic N) is 5. The normalized spacial score (nSPS) is 11.0. The molecule has 0 unspecified atom stereocenters. The van der Waals surface area contributed by atoms with Crippen LogP contribution in [0.1, 0.15) is 33.4 Å². The molecule has 0 atom stereocenters. The Balaban J connectivity index is 1.66. The van der Waals surface area contributed by atoms with Gasteiger partial charge in [-0.1, -0.05) is 35.5 Å². The summed E-state index contributed by atoms with van der Waals surface area (Å²) in [5.74, 6) is 0.262. The van der Waals surface area contributed by atoms with Crippen molar-refractivity contribution in [2.75, 3.05) is 24.8 Å². The van der Waals surface area contributed by atoms with Gasteiger partial charge in [0.2, 0.25) is 5.91 Å². The number of carbonyl (C=O) groups excluding carboxylic acids is 2. The number of aryl methyl sites for hydroxylation is 2. The highest BCUT2D eigenvalue weighted by atomic mass is 35.5. The second kappa shape index (κ2) is 11.6. The molecule has 1 amide bonds. The number of anilines is 1. The molecule has 200 valence electrons. The number of benzene rings is 1. The lowest BCUT2D eigenvalue weighted by molar-refractivity contribution is -0.113. The Hall–Kier alpha value is -3.35. The van der Waals surface area contributed by atoms with Gasteiger partial charge in [-0.05, 0) is 45.4 Å². The van der Waals surface area contributed by atoms with E-state index in [1.165, 1.54) is 23.1 Å². The lowest BCUT2D eigenvalue weighted by Crippen LogP contribution is -2.17. The zero-order valence-corrected chi connectivity index (χ0v) is 24.2. The minimum Gasteiger partial charge on any atom is -0.495 e. The summed E-state index contributed by atoms with van der Waals surface area (Å²) in [4.78, 5) is 26.4. The van der Waals surface area contributed by atoms with Crippen molar-refractivity contribution in [1.82, 2.24) is 24.5 Å². The highest BCUT2D eigenvalue weighted by Gasteiger charge is 2.26. The fourth-order valence-electron chi connectivity index (χ4n) is 3.73. The maximum Gasteiger partial charge on any atom is 0.341 e. The molecule has 0 saturated heterocycles. The molecule has 0 fully saturated rings. The Labute approximate surface area is 233 Å². The van der Waals surface area contributed by atoms with Crippen LogP contribution in [0.15, 0.2) is 29.4 Å². The third kappa shape index (κ3) is 5.29. The van der Waals surface area contributed by atoms with Crippen molar-refractivity contribution < 1.29 is 19.1 Å². The zero-order valence-electron chi connectivity index (χ0n) is 21.8. The van der Waals surface area contributed by atoms with Crippen LogP contribution in [0.4, 0.5) is 5.00 Å². The van der Waals surface area contributed by atoms with Gasteiger partial charge >= 0.3 is 5.97 Å². The monoisotopic (exact) mass is 574 g/mol. The summed E-state index contributed by atoms with van der Waals surface area (Å²) < 4.78 is 14.2. The Kier molecular flexibility index (Phi) is 8.44. The predicted molar refractivity (Wildman–Crippen MR) is 149 cm³/mol. The van der Waals surface area contributed by atoms with Crippen molar-refractivity contribution in [1.29, 1.82) is 0 Å². The molecule has 1 N–H and O–H groups in total. The van der Waals surface area contributed by atoms with Gasteiger partial charge < -0.3 is 14.8 Å². The number of halogens is 1. The molecule has 0 aliphatic rings. The van der Waals surface area contributed by atoms with Crippen LogP contribution >= 0.6 is 34.7 Å². The van der Waals surface area contributed by atoms with Crippen LogP contribution < -0.4 is 10.1 Å². The minimum atomic E-state index is -0.458. The number of hydrogen-bond donors (Lipinski definition) is 1. The van der Waals surface area contributed by atoms with Crippen molar-refractivity contribution in [3.63, 3.8) is 0 Å². The van der Waals surface area contributed by atoms with Gasteiger partial charge in [0, 0.05) is 11.9 Å². The number of thioether (sulfide) groups is 1. The maximum absolute atomic E-state index is 13.0. The van der Waals surface area contributed by atoms with Gasteiger partial charge in [-0.2, -0.15) is 5.10 Å². The number of carbonyl (C=O) groups is 2. The largest absolute Gasteiger partial charge is 0.495 e. The molecule has 0 aliphatic carbocycles. The molecule has 3 heterocycles. The van der Waals surface area contributed by atoms with E-state index < -0.39 is 5.97 Å². The number of thiophene rings is 1. The van der Waals surface area contributed by atoms with E-state index in [1.54, 1.807) is 30.3 Å². The average Bonchev–Trinajstić information content (AvgIpc) is 3.52. The molecule has 0 saturated carbocycles. The van der Waals surface area contributed by atoms with Gasteiger partial charge in [0.15, 0.2) is 11.0 Å². The number of nitrogens with one attached hydrogen (secondary N) is 1. The summed E-state index contributed by atoms with van der Waals surface area (Å²) in [6, 6.07) is 7.41. The van der Waals surface area contributed by atoms with E-state index >= 15 is 0 Å². The molecular weight excluding hydrogens is 548 g/mol. The molecule has 0 aliphatic heterocycles. The number of hydrogen-bond acceptors (Lipinski definition) is 9. The van der Waals surface area contributed by atoms with Crippen molar-refractivity contribution >= 4 is 51.6 Å². The van der Waals surface area contributed by atoms with Crippen molar-refractivity contribution in [3.05, 3.63) is 51.0 Å². The van der Waals surface area contributed by atoms with E-state index in [4.69, 9.17) is 21.1 Å². The van der Waals surface area contributed by atoms with Crippen molar-refractivity contribution in [3.8, 4) is 23.0 Å². The summed E-state index contributed by atoms with van der Waals surface area (Å²) >= 11 is 9.11. The van der Waals surface area contributed by atoms with Crippen LogP contribution in [0.3, 0.4) is 0 Å². The van der Waals surface area contributed by atoms with Crippen LogP contribution in [0, 0.1) is 20.8 Å². The first-order valence-electron chi connectivity index (χ1n) is 11.7. The predicted octanol–water partition coefficient (Wildman–Crippen LogP) is 5.22. The van der Waals surface area contributed by atoms with E-state index in [0.29, 0.717) is 43.7 Å². The topological polar surface area (TPSA) is 113 Å².